The second-order valence-electron chi connectivity index (χ2n) is 3.00. The number of aliphatic hydroxyl groups is 1. The molecular weight excluding hydrogens is 193 g/mol. The van der Waals surface area contributed by atoms with Crippen LogP contribution in [0.1, 0.15) is 12.0 Å². The number of hydrogen-bond donors (Lipinski definition) is 2. The van der Waals surface area contributed by atoms with E-state index >= 15 is 0 Å². The molecule has 1 aromatic rings. The van der Waals surface area contributed by atoms with Crippen molar-refractivity contribution in [2.75, 3.05) is 13.2 Å². The number of aliphatic hydroxyl groups excluding tert-OH is 1. The minimum Gasteiger partial charge on any atom is -0.412 e. The van der Waals surface area contributed by atoms with Crippen molar-refractivity contribution in [2.45, 2.75) is 13.0 Å². The zero-order chi connectivity index (χ0) is 9.52. The van der Waals surface area contributed by atoms with Gasteiger partial charge < -0.3 is 21.4 Å². The summed E-state index contributed by atoms with van der Waals surface area (Å²) in [5.74, 6) is 0. The Morgan fingerprint density at radius 1 is 1.27 bits per heavy atom. The van der Waals surface area contributed by atoms with Crippen molar-refractivity contribution in [1.82, 2.24) is 5.32 Å². The van der Waals surface area contributed by atoms with E-state index in [2.05, 4.69) is 5.32 Å². The highest BCUT2D eigenvalue weighted by Gasteiger charge is 1.91. The van der Waals surface area contributed by atoms with Crippen molar-refractivity contribution < 1.29 is 16.1 Å². The summed E-state index contributed by atoms with van der Waals surface area (Å²) in [5, 5.41) is 11.8. The van der Waals surface area contributed by atoms with E-state index in [0.717, 1.165) is 25.0 Å². The molecule has 0 unspecified atom stereocenters. The van der Waals surface area contributed by atoms with Crippen LogP contribution in [0.4, 0.5) is 0 Å². The van der Waals surface area contributed by atoms with Crippen LogP contribution >= 0.6 is 0 Å². The predicted octanol–water partition coefficient (Wildman–Crippen LogP) is -1.70. The summed E-state index contributed by atoms with van der Waals surface area (Å²) in [6.45, 7) is 1.89. The van der Waals surface area contributed by atoms with Gasteiger partial charge in [-0.2, -0.15) is 0 Å². The maximum Gasteiger partial charge on any atom is 0.113 e. The van der Waals surface area contributed by atoms with Crippen LogP contribution in [-0.2, 0) is 6.54 Å². The molecule has 5 heteroatoms. The van der Waals surface area contributed by atoms with Crippen molar-refractivity contribution in [3.63, 3.8) is 0 Å². The third-order valence-electron chi connectivity index (χ3n) is 1.79. The molecule has 0 fully saturated rings. The molecule has 0 aliphatic carbocycles. The summed E-state index contributed by atoms with van der Waals surface area (Å²) in [4.78, 5) is 0. The highest BCUT2D eigenvalue weighted by Crippen LogP contribution is 1.94. The van der Waals surface area contributed by atoms with Crippen molar-refractivity contribution in [3.05, 3.63) is 29.8 Å². The van der Waals surface area contributed by atoms with Gasteiger partial charge in [0.15, 0.2) is 0 Å². The maximum atomic E-state index is 8.55. The Kier molecular flexibility index (Phi) is 10.7. The predicted molar refractivity (Wildman–Crippen MR) is 62.5 cm³/mol. The molecule has 0 aliphatic heterocycles. The van der Waals surface area contributed by atoms with E-state index in [-0.39, 0.29) is 17.6 Å². The summed E-state index contributed by atoms with van der Waals surface area (Å²) >= 11 is 0. The summed E-state index contributed by atoms with van der Waals surface area (Å²) in [7, 11) is 5.62. The molecular formula is C10H18BNO3. The zero-order valence-corrected chi connectivity index (χ0v) is 8.66. The quantitative estimate of drug-likeness (QED) is 0.448. The van der Waals surface area contributed by atoms with Crippen molar-refractivity contribution in [3.8, 4) is 0 Å². The lowest BCUT2D eigenvalue weighted by Crippen LogP contribution is -2.16. The van der Waals surface area contributed by atoms with Gasteiger partial charge in [-0.15, -0.1) is 0 Å². The van der Waals surface area contributed by atoms with E-state index in [9.17, 15) is 0 Å². The molecule has 15 heavy (non-hydrogen) atoms. The lowest BCUT2D eigenvalue weighted by Gasteiger charge is -2.04. The summed E-state index contributed by atoms with van der Waals surface area (Å²) in [5.41, 5.74) is 1.97. The van der Waals surface area contributed by atoms with Gasteiger partial charge in [-0.05, 0) is 18.5 Å². The fourth-order valence-electron chi connectivity index (χ4n) is 1.14. The van der Waals surface area contributed by atoms with Gasteiger partial charge in [0.25, 0.3) is 0 Å². The molecule has 0 amide bonds. The first-order chi connectivity index (χ1) is 6.33. The second kappa shape index (κ2) is 9.67. The lowest BCUT2D eigenvalue weighted by atomic mass is 9.94. The molecule has 0 heterocycles. The first kappa shape index (κ1) is 16.6. The summed E-state index contributed by atoms with van der Waals surface area (Å²) in [6.07, 6.45) is 0.794. The Morgan fingerprint density at radius 3 is 2.60 bits per heavy atom. The number of hydrogen-bond acceptors (Lipinski definition) is 2. The molecule has 0 bridgehead atoms. The third-order valence-corrected chi connectivity index (χ3v) is 1.79. The Labute approximate surface area is 91.3 Å². The first-order valence-electron chi connectivity index (χ1n) is 4.49. The molecule has 84 valence electrons. The van der Waals surface area contributed by atoms with Gasteiger partial charge in [0.05, 0.1) is 0 Å². The van der Waals surface area contributed by atoms with Gasteiger partial charge in [0, 0.05) is 13.2 Å². The SMILES string of the molecule is O.O.[B]c1cccc(CNCCCO)c1. The fraction of sp³-hybridized carbons (Fsp3) is 0.400. The van der Waals surface area contributed by atoms with Gasteiger partial charge in [-0.3, -0.25) is 0 Å². The van der Waals surface area contributed by atoms with Crippen molar-refractivity contribution in [2.24, 2.45) is 0 Å². The monoisotopic (exact) mass is 211 g/mol. The molecule has 0 aliphatic rings. The highest BCUT2D eigenvalue weighted by molar-refractivity contribution is 6.32. The third kappa shape index (κ3) is 7.10. The topological polar surface area (TPSA) is 95.3 Å². The fourth-order valence-corrected chi connectivity index (χ4v) is 1.14. The van der Waals surface area contributed by atoms with E-state index in [1.807, 2.05) is 24.3 Å². The van der Waals surface area contributed by atoms with Gasteiger partial charge in [-0.1, -0.05) is 29.7 Å². The highest BCUT2D eigenvalue weighted by atomic mass is 16.3. The van der Waals surface area contributed by atoms with Crippen LogP contribution in [0.2, 0.25) is 0 Å². The maximum absolute atomic E-state index is 8.55. The Hall–Kier alpha value is -0.875. The van der Waals surface area contributed by atoms with Gasteiger partial charge in [-0.25, -0.2) is 0 Å². The average molecular weight is 211 g/mol. The van der Waals surface area contributed by atoms with Crippen LogP contribution in [-0.4, -0.2) is 37.1 Å². The molecule has 0 atom stereocenters. The normalized spacial score (nSPS) is 8.87. The van der Waals surface area contributed by atoms with E-state index in [0.29, 0.717) is 0 Å². The zero-order valence-electron chi connectivity index (χ0n) is 8.66. The largest absolute Gasteiger partial charge is 0.412 e. The Balaban J connectivity index is 0. The second-order valence-corrected chi connectivity index (χ2v) is 3.00. The Morgan fingerprint density at radius 2 is 2.00 bits per heavy atom. The number of nitrogens with one attached hydrogen (secondary N) is 1. The molecule has 1 aromatic carbocycles. The van der Waals surface area contributed by atoms with Crippen molar-refractivity contribution >= 4 is 13.3 Å². The van der Waals surface area contributed by atoms with Crippen LogP contribution in [0.15, 0.2) is 24.3 Å². The van der Waals surface area contributed by atoms with Gasteiger partial charge in [0.1, 0.15) is 7.85 Å². The number of rotatable bonds is 5. The molecule has 0 saturated heterocycles. The van der Waals surface area contributed by atoms with Crippen LogP contribution in [0.5, 0.6) is 0 Å². The standard InChI is InChI=1S/C10H14BNO.2H2O/c11-10-4-1-3-9(7-10)8-12-5-2-6-13;;/h1,3-4,7,12-13H,2,5-6,8H2;2*1H2. The molecule has 1 rings (SSSR count). The van der Waals surface area contributed by atoms with Crippen LogP contribution in [0, 0.1) is 0 Å². The van der Waals surface area contributed by atoms with Gasteiger partial charge >= 0.3 is 0 Å². The van der Waals surface area contributed by atoms with Crippen LogP contribution in [0.25, 0.3) is 0 Å². The summed E-state index contributed by atoms with van der Waals surface area (Å²) < 4.78 is 0. The molecule has 0 aromatic heterocycles. The van der Waals surface area contributed by atoms with E-state index in [4.69, 9.17) is 13.0 Å². The first-order valence-corrected chi connectivity index (χ1v) is 4.49. The van der Waals surface area contributed by atoms with E-state index in [1.165, 1.54) is 5.56 Å². The van der Waals surface area contributed by atoms with Crippen LogP contribution in [0.3, 0.4) is 0 Å². The lowest BCUT2D eigenvalue weighted by molar-refractivity contribution is 0.286. The Bertz CT molecular complexity index is 258. The molecule has 6 N–H and O–H groups in total. The van der Waals surface area contributed by atoms with E-state index in [1.54, 1.807) is 0 Å². The summed E-state index contributed by atoms with van der Waals surface area (Å²) in [6, 6.07) is 7.80. The number of benzene rings is 1. The minimum absolute atomic E-state index is 0. The average Bonchev–Trinajstić information content (AvgIpc) is 2.13. The molecule has 2 radical (unpaired) electrons. The smallest absolute Gasteiger partial charge is 0.113 e. The minimum atomic E-state index is 0. The van der Waals surface area contributed by atoms with Gasteiger partial charge in [0.2, 0.25) is 0 Å². The van der Waals surface area contributed by atoms with Crippen molar-refractivity contribution in [1.29, 1.82) is 0 Å². The van der Waals surface area contributed by atoms with Crippen LogP contribution < -0.4 is 10.8 Å². The molecule has 0 saturated carbocycles. The molecule has 4 nitrogen and oxygen atoms in total. The molecule has 0 spiro atoms. The van der Waals surface area contributed by atoms with E-state index < -0.39 is 0 Å².